The zero-order valence-electron chi connectivity index (χ0n) is 17.6. The normalized spacial score (nSPS) is 20.0. The molecule has 2 aromatic rings. The molecule has 1 amide bonds. The predicted octanol–water partition coefficient (Wildman–Crippen LogP) is 3.67. The van der Waals surface area contributed by atoms with Crippen LogP contribution >= 0.6 is 0 Å². The molecule has 2 aliphatic heterocycles. The monoisotopic (exact) mass is 420 g/mol. The van der Waals surface area contributed by atoms with Crippen LogP contribution in [0.5, 0.6) is 0 Å². The molecule has 1 unspecified atom stereocenters. The number of hydrogen-bond donors (Lipinski definition) is 2. The number of benzene rings is 2. The zero-order valence-corrected chi connectivity index (χ0v) is 17.6. The Balaban J connectivity index is 1.51. The number of nitrogens with zero attached hydrogens (tertiary/aromatic N) is 3. The summed E-state index contributed by atoms with van der Waals surface area (Å²) in [4.78, 5) is 17.8. The van der Waals surface area contributed by atoms with Crippen LogP contribution in [0.15, 0.2) is 70.1 Å². The van der Waals surface area contributed by atoms with Crippen LogP contribution < -0.4 is 5.32 Å². The first-order chi connectivity index (χ1) is 14.9. The number of amides is 1. The van der Waals surface area contributed by atoms with Gasteiger partial charge < -0.3 is 10.4 Å². The van der Waals surface area contributed by atoms with Crippen LogP contribution in [0.25, 0.3) is 0 Å². The van der Waals surface area contributed by atoms with E-state index in [2.05, 4.69) is 15.4 Å². The van der Waals surface area contributed by atoms with Crippen molar-refractivity contribution in [2.24, 2.45) is 10.1 Å². The zero-order chi connectivity index (χ0) is 22.0. The van der Waals surface area contributed by atoms with Gasteiger partial charge in [-0.2, -0.15) is 10.1 Å². The summed E-state index contributed by atoms with van der Waals surface area (Å²) in [7, 11) is 0. The third kappa shape index (κ3) is 3.95. The second-order valence-corrected chi connectivity index (χ2v) is 7.89. The third-order valence-corrected chi connectivity index (χ3v) is 5.69. The van der Waals surface area contributed by atoms with E-state index in [-0.39, 0.29) is 30.4 Å². The maximum atomic E-state index is 14.1. The lowest BCUT2D eigenvalue weighted by Gasteiger charge is -2.36. The van der Waals surface area contributed by atoms with Gasteiger partial charge in [0.2, 0.25) is 11.5 Å². The van der Waals surface area contributed by atoms with Gasteiger partial charge in [-0.05, 0) is 37.5 Å². The van der Waals surface area contributed by atoms with Crippen molar-refractivity contribution in [3.8, 4) is 0 Å². The van der Waals surface area contributed by atoms with Crippen LogP contribution in [0.3, 0.4) is 0 Å². The summed E-state index contributed by atoms with van der Waals surface area (Å²) < 4.78 is 14.1. The van der Waals surface area contributed by atoms with E-state index in [1.54, 1.807) is 31.3 Å². The number of aliphatic imine (C=N–C) groups is 1. The van der Waals surface area contributed by atoms with Gasteiger partial charge in [0.05, 0.1) is 0 Å². The highest BCUT2D eigenvalue weighted by atomic mass is 19.1. The highest BCUT2D eigenvalue weighted by Crippen LogP contribution is 2.36. The summed E-state index contributed by atoms with van der Waals surface area (Å²) in [6, 6.07) is 14.6. The molecule has 6 nitrogen and oxygen atoms in total. The molecule has 0 bridgehead atoms. The minimum Gasteiger partial charge on any atom is -0.493 e. The topological polar surface area (TPSA) is 77.3 Å². The lowest BCUT2D eigenvalue weighted by molar-refractivity contribution is -0.132. The molecule has 0 aromatic heterocycles. The van der Waals surface area contributed by atoms with Gasteiger partial charge in [0, 0.05) is 36.9 Å². The molecule has 0 spiro atoms. The fourth-order valence-electron chi connectivity index (χ4n) is 3.88. The van der Waals surface area contributed by atoms with Gasteiger partial charge in [0.25, 0.3) is 5.91 Å². The Hall–Kier alpha value is -3.48. The summed E-state index contributed by atoms with van der Waals surface area (Å²) in [5.74, 6) is -0.850. The Labute approximate surface area is 180 Å². The van der Waals surface area contributed by atoms with E-state index in [4.69, 9.17) is 0 Å². The highest BCUT2D eigenvalue weighted by molar-refractivity contribution is 6.04. The number of nitrogens with one attached hydrogen (secondary N) is 1. The molecular weight excluding hydrogens is 395 g/mol. The smallest absolute Gasteiger partial charge is 0.271 e. The first kappa shape index (κ1) is 20.8. The number of aliphatic hydroxyl groups excluding tert-OH is 1. The molecule has 2 heterocycles. The van der Waals surface area contributed by atoms with Gasteiger partial charge in [0.15, 0.2) is 0 Å². The first-order valence-corrected chi connectivity index (χ1v) is 10.3. The van der Waals surface area contributed by atoms with Crippen molar-refractivity contribution >= 4 is 17.8 Å². The van der Waals surface area contributed by atoms with Crippen molar-refractivity contribution in [3.63, 3.8) is 0 Å². The van der Waals surface area contributed by atoms with Crippen LogP contribution in [0.2, 0.25) is 0 Å². The van der Waals surface area contributed by atoms with Gasteiger partial charge in [-0.3, -0.25) is 4.79 Å². The summed E-state index contributed by atoms with van der Waals surface area (Å²) >= 11 is 0. The summed E-state index contributed by atoms with van der Waals surface area (Å²) in [6.07, 6.45) is 2.66. The Bertz CT molecular complexity index is 1090. The Morgan fingerprint density at radius 1 is 1.19 bits per heavy atom. The van der Waals surface area contributed by atoms with E-state index in [0.717, 1.165) is 5.56 Å². The van der Waals surface area contributed by atoms with Crippen LogP contribution in [0.1, 0.15) is 30.0 Å². The molecule has 2 N–H and O–H groups in total. The first-order valence-electron chi connectivity index (χ1n) is 10.3. The van der Waals surface area contributed by atoms with Crippen LogP contribution in [0.4, 0.5) is 4.39 Å². The standard InChI is InChI=1S/C24H25FN4O2/c1-16-7-9-18(10-8-16)11-13-26-23(31)24-12-14-27-29(24)22(30)20(17(2)28-24)15-19-5-3-4-6-21(19)25/h3-10,14,30H,11-13,15H2,1-2H3,(H,26,31). The number of halogens is 1. The maximum absolute atomic E-state index is 14.1. The van der Waals surface area contributed by atoms with Crippen molar-refractivity contribution < 1.29 is 14.3 Å². The van der Waals surface area contributed by atoms with Gasteiger partial charge in [-0.15, -0.1) is 0 Å². The number of carbonyl (C=O) groups is 1. The van der Waals surface area contributed by atoms with Gasteiger partial charge in [-0.25, -0.2) is 9.38 Å². The second-order valence-electron chi connectivity index (χ2n) is 7.89. The van der Waals surface area contributed by atoms with Gasteiger partial charge in [-0.1, -0.05) is 48.0 Å². The number of carbonyl (C=O) groups excluding carboxylic acids is 1. The van der Waals surface area contributed by atoms with Gasteiger partial charge >= 0.3 is 0 Å². The summed E-state index contributed by atoms with van der Waals surface area (Å²) in [5, 5.41) is 19.3. The summed E-state index contributed by atoms with van der Waals surface area (Å²) in [6.45, 7) is 4.20. The molecular formula is C24H25FN4O2. The number of allylic oxidation sites excluding steroid dienone is 1. The van der Waals surface area contributed by atoms with E-state index in [1.165, 1.54) is 16.6 Å². The average molecular weight is 420 g/mol. The van der Waals surface area contributed by atoms with Crippen LogP contribution in [-0.2, 0) is 17.6 Å². The molecule has 31 heavy (non-hydrogen) atoms. The van der Waals surface area contributed by atoms with E-state index in [0.29, 0.717) is 29.8 Å². The van der Waals surface area contributed by atoms with Gasteiger partial charge in [0.1, 0.15) is 5.82 Å². The Morgan fingerprint density at radius 2 is 1.94 bits per heavy atom. The lowest BCUT2D eigenvalue weighted by atomic mass is 9.96. The lowest BCUT2D eigenvalue weighted by Crippen LogP contribution is -2.56. The van der Waals surface area contributed by atoms with Crippen molar-refractivity contribution in [1.29, 1.82) is 0 Å². The van der Waals surface area contributed by atoms with E-state index in [9.17, 15) is 14.3 Å². The summed E-state index contributed by atoms with van der Waals surface area (Å²) in [5.41, 5.74) is 2.35. The van der Waals surface area contributed by atoms with Crippen LogP contribution in [0, 0.1) is 12.7 Å². The number of aliphatic hydroxyl groups is 1. The van der Waals surface area contributed by atoms with Crippen molar-refractivity contribution in [3.05, 3.63) is 82.5 Å². The molecule has 4 rings (SSSR count). The quantitative estimate of drug-likeness (QED) is 0.749. The molecule has 7 heteroatoms. The molecule has 1 atom stereocenters. The number of fused-ring (bicyclic) bond motifs is 1. The molecule has 0 fully saturated rings. The maximum Gasteiger partial charge on any atom is 0.271 e. The molecule has 0 saturated heterocycles. The van der Waals surface area contributed by atoms with E-state index < -0.39 is 5.66 Å². The Kier molecular flexibility index (Phi) is 5.59. The van der Waals surface area contributed by atoms with Crippen molar-refractivity contribution in [1.82, 2.24) is 10.3 Å². The largest absolute Gasteiger partial charge is 0.493 e. The van der Waals surface area contributed by atoms with E-state index >= 15 is 0 Å². The Morgan fingerprint density at radius 3 is 2.68 bits per heavy atom. The van der Waals surface area contributed by atoms with E-state index in [1.807, 2.05) is 31.2 Å². The molecule has 2 aromatic carbocycles. The minimum absolute atomic E-state index is 0.158. The third-order valence-electron chi connectivity index (χ3n) is 5.69. The minimum atomic E-state index is -1.35. The fourth-order valence-corrected chi connectivity index (χ4v) is 3.88. The van der Waals surface area contributed by atoms with Crippen LogP contribution in [-0.4, -0.2) is 40.2 Å². The molecule has 0 saturated carbocycles. The predicted molar refractivity (Wildman–Crippen MR) is 118 cm³/mol. The average Bonchev–Trinajstić information content (AvgIpc) is 3.19. The number of rotatable bonds is 6. The second kappa shape index (κ2) is 8.34. The highest BCUT2D eigenvalue weighted by Gasteiger charge is 2.51. The molecule has 0 aliphatic carbocycles. The van der Waals surface area contributed by atoms with Crippen molar-refractivity contribution in [2.45, 2.75) is 38.8 Å². The fraction of sp³-hybridized carbons (Fsp3) is 0.292. The SMILES string of the molecule is CC1=NC2(C(=O)NCCc3ccc(C)cc3)CC=NN2C(O)=C1Cc1ccccc1F. The van der Waals surface area contributed by atoms with Crippen molar-refractivity contribution in [2.75, 3.05) is 6.54 Å². The number of hydrazone groups is 1. The number of hydrogen-bond acceptors (Lipinski definition) is 5. The molecule has 0 radical (unpaired) electrons. The number of aryl methyl sites for hydroxylation is 1. The molecule has 2 aliphatic rings. The molecule has 160 valence electrons.